The van der Waals surface area contributed by atoms with Crippen LogP contribution >= 0.6 is 0 Å². The van der Waals surface area contributed by atoms with Crippen molar-refractivity contribution in [3.63, 3.8) is 0 Å². The monoisotopic (exact) mass is 373 g/mol. The summed E-state index contributed by atoms with van der Waals surface area (Å²) in [4.78, 5) is 26.0. The molecule has 0 aliphatic carbocycles. The van der Waals surface area contributed by atoms with Crippen molar-refractivity contribution in [3.05, 3.63) is 35.9 Å². The van der Waals surface area contributed by atoms with E-state index < -0.39 is 17.8 Å². The summed E-state index contributed by atoms with van der Waals surface area (Å²) in [6.45, 7) is 6.04. The van der Waals surface area contributed by atoms with E-state index in [4.69, 9.17) is 14.7 Å². The Morgan fingerprint density at radius 2 is 2.00 bits per heavy atom. The van der Waals surface area contributed by atoms with E-state index in [1.54, 1.807) is 25.7 Å². The van der Waals surface area contributed by atoms with E-state index in [0.29, 0.717) is 19.4 Å². The van der Waals surface area contributed by atoms with Gasteiger partial charge in [0.2, 0.25) is 0 Å². The van der Waals surface area contributed by atoms with Crippen molar-refractivity contribution in [2.45, 2.75) is 64.3 Å². The van der Waals surface area contributed by atoms with Crippen molar-refractivity contribution in [2.24, 2.45) is 0 Å². The molecule has 1 aliphatic rings. The predicted octanol–water partition coefficient (Wildman–Crippen LogP) is 3.59. The van der Waals surface area contributed by atoms with Gasteiger partial charge in [0.15, 0.2) is 0 Å². The molecule has 1 aromatic carbocycles. The highest BCUT2D eigenvalue weighted by Gasteiger charge is 2.34. The molecule has 0 spiro atoms. The van der Waals surface area contributed by atoms with Crippen LogP contribution in [0.4, 0.5) is 9.59 Å². The topological polar surface area (TPSA) is 91.7 Å². The van der Waals surface area contributed by atoms with Crippen LogP contribution in [0.15, 0.2) is 30.3 Å². The standard InChI is InChI=1S/C20H27N3O4/c1-20(2,3)27-19(25)23-12-10-16(13-17(23)9-11-21)22-18(24)26-14-15-7-5-4-6-8-15/h4-8,16-17H,9-10,12-14H2,1-3H3,(H,22,24)/t16-,17+/m0/s1. The first-order chi connectivity index (χ1) is 12.8. The van der Waals surface area contributed by atoms with E-state index in [-0.39, 0.29) is 25.1 Å². The minimum absolute atomic E-state index is 0.148. The van der Waals surface area contributed by atoms with Gasteiger partial charge in [0.05, 0.1) is 12.5 Å². The average Bonchev–Trinajstić information content (AvgIpc) is 2.60. The summed E-state index contributed by atoms with van der Waals surface area (Å²) < 4.78 is 10.7. The quantitative estimate of drug-likeness (QED) is 0.871. The average molecular weight is 373 g/mol. The molecule has 0 saturated carbocycles. The van der Waals surface area contributed by atoms with Gasteiger partial charge in [-0.25, -0.2) is 9.59 Å². The first kappa shape index (κ1) is 20.6. The maximum absolute atomic E-state index is 12.4. The van der Waals surface area contributed by atoms with Gasteiger partial charge in [-0.05, 0) is 39.2 Å². The van der Waals surface area contributed by atoms with Crippen LogP contribution in [-0.2, 0) is 16.1 Å². The summed E-state index contributed by atoms with van der Waals surface area (Å²) in [6, 6.07) is 11.1. The summed E-state index contributed by atoms with van der Waals surface area (Å²) in [5.41, 5.74) is 0.319. The first-order valence-electron chi connectivity index (χ1n) is 9.12. The van der Waals surface area contributed by atoms with Crippen molar-refractivity contribution in [3.8, 4) is 6.07 Å². The van der Waals surface area contributed by atoms with Gasteiger partial charge in [-0.1, -0.05) is 30.3 Å². The van der Waals surface area contributed by atoms with Crippen LogP contribution in [0, 0.1) is 11.3 Å². The van der Waals surface area contributed by atoms with Crippen LogP contribution < -0.4 is 5.32 Å². The molecule has 1 heterocycles. The molecular formula is C20H27N3O4. The third kappa shape index (κ3) is 6.81. The number of alkyl carbamates (subject to hydrolysis) is 1. The predicted molar refractivity (Wildman–Crippen MR) is 99.7 cm³/mol. The van der Waals surface area contributed by atoms with Crippen LogP contribution in [0.1, 0.15) is 45.6 Å². The second kappa shape index (κ2) is 9.26. The highest BCUT2D eigenvalue weighted by atomic mass is 16.6. The minimum atomic E-state index is -0.593. The fraction of sp³-hybridized carbons (Fsp3) is 0.550. The fourth-order valence-corrected chi connectivity index (χ4v) is 2.97. The summed E-state index contributed by atoms with van der Waals surface area (Å²) in [7, 11) is 0. The van der Waals surface area contributed by atoms with Crippen molar-refractivity contribution >= 4 is 12.2 Å². The van der Waals surface area contributed by atoms with Gasteiger partial charge in [0, 0.05) is 18.6 Å². The van der Waals surface area contributed by atoms with E-state index in [1.165, 1.54) is 0 Å². The van der Waals surface area contributed by atoms with E-state index in [0.717, 1.165) is 5.56 Å². The number of hydrogen-bond donors (Lipinski definition) is 1. The number of nitrogens with one attached hydrogen (secondary N) is 1. The molecule has 0 unspecified atom stereocenters. The molecule has 2 amide bonds. The summed E-state index contributed by atoms with van der Waals surface area (Å²) >= 11 is 0. The molecule has 7 nitrogen and oxygen atoms in total. The Kier molecular flexibility index (Phi) is 7.05. The first-order valence-corrected chi connectivity index (χ1v) is 9.12. The van der Waals surface area contributed by atoms with Crippen LogP contribution in [0.25, 0.3) is 0 Å². The van der Waals surface area contributed by atoms with Gasteiger partial charge in [-0.3, -0.25) is 0 Å². The van der Waals surface area contributed by atoms with Gasteiger partial charge >= 0.3 is 12.2 Å². The Hall–Kier alpha value is -2.75. The lowest BCUT2D eigenvalue weighted by Gasteiger charge is -2.39. The second-order valence-corrected chi connectivity index (χ2v) is 7.62. The molecule has 1 aliphatic heterocycles. The molecule has 2 rings (SSSR count). The largest absolute Gasteiger partial charge is 0.445 e. The molecule has 1 fully saturated rings. The molecule has 1 saturated heterocycles. The smallest absolute Gasteiger partial charge is 0.410 e. The van der Waals surface area contributed by atoms with Crippen molar-refractivity contribution in [1.82, 2.24) is 10.2 Å². The second-order valence-electron chi connectivity index (χ2n) is 7.62. The Labute approximate surface area is 160 Å². The minimum Gasteiger partial charge on any atom is -0.445 e. The zero-order valence-electron chi connectivity index (χ0n) is 16.1. The van der Waals surface area contributed by atoms with Crippen LogP contribution in [0.3, 0.4) is 0 Å². The summed E-state index contributed by atoms with van der Waals surface area (Å²) in [5.74, 6) is 0. The fourth-order valence-electron chi connectivity index (χ4n) is 2.97. The SMILES string of the molecule is CC(C)(C)OC(=O)N1CC[C@H](NC(=O)OCc2ccccc2)C[C@H]1CC#N. The Balaban J connectivity index is 1.87. The molecule has 0 radical (unpaired) electrons. The third-order valence-corrected chi connectivity index (χ3v) is 4.21. The normalized spacial score (nSPS) is 19.7. The van der Waals surface area contributed by atoms with E-state index in [2.05, 4.69) is 11.4 Å². The van der Waals surface area contributed by atoms with Gasteiger partial charge in [0.1, 0.15) is 12.2 Å². The van der Waals surface area contributed by atoms with Crippen LogP contribution in [-0.4, -0.2) is 41.3 Å². The van der Waals surface area contributed by atoms with E-state index in [1.807, 2.05) is 30.3 Å². The number of rotatable bonds is 4. The maximum Gasteiger partial charge on any atom is 0.410 e. The van der Waals surface area contributed by atoms with Gasteiger partial charge in [-0.2, -0.15) is 5.26 Å². The number of amides is 2. The number of nitriles is 1. The summed E-state index contributed by atoms with van der Waals surface area (Å²) in [6.07, 6.45) is 0.351. The Morgan fingerprint density at radius 1 is 1.30 bits per heavy atom. The highest BCUT2D eigenvalue weighted by molar-refractivity contribution is 5.69. The molecule has 1 N–H and O–H groups in total. The molecule has 1 aromatic rings. The number of hydrogen-bond acceptors (Lipinski definition) is 5. The Bertz CT molecular complexity index is 679. The number of likely N-dealkylation sites (tertiary alicyclic amines) is 1. The van der Waals surface area contributed by atoms with Gasteiger partial charge < -0.3 is 19.7 Å². The molecule has 146 valence electrons. The molecule has 7 heteroatoms. The lowest BCUT2D eigenvalue weighted by atomic mass is 9.95. The number of benzene rings is 1. The molecule has 27 heavy (non-hydrogen) atoms. The molecule has 0 aromatic heterocycles. The summed E-state index contributed by atoms with van der Waals surface area (Å²) in [5, 5.41) is 11.9. The number of carbonyl (C=O) groups excluding carboxylic acids is 2. The lowest BCUT2D eigenvalue weighted by Crippen LogP contribution is -2.53. The lowest BCUT2D eigenvalue weighted by molar-refractivity contribution is 0.00764. The zero-order chi connectivity index (χ0) is 19.9. The van der Waals surface area contributed by atoms with Gasteiger partial charge in [-0.15, -0.1) is 0 Å². The number of ether oxygens (including phenoxy) is 2. The number of piperidine rings is 1. The zero-order valence-corrected chi connectivity index (χ0v) is 16.1. The van der Waals surface area contributed by atoms with E-state index >= 15 is 0 Å². The van der Waals surface area contributed by atoms with E-state index in [9.17, 15) is 9.59 Å². The maximum atomic E-state index is 12.4. The van der Waals surface area contributed by atoms with Crippen molar-refractivity contribution < 1.29 is 19.1 Å². The molecule has 2 atom stereocenters. The molecular weight excluding hydrogens is 346 g/mol. The Morgan fingerprint density at radius 3 is 2.63 bits per heavy atom. The van der Waals surface area contributed by atoms with Crippen molar-refractivity contribution in [2.75, 3.05) is 6.54 Å². The third-order valence-electron chi connectivity index (χ3n) is 4.21. The van der Waals surface area contributed by atoms with Gasteiger partial charge in [0.25, 0.3) is 0 Å². The number of carbonyl (C=O) groups is 2. The van der Waals surface area contributed by atoms with Crippen molar-refractivity contribution in [1.29, 1.82) is 5.26 Å². The number of nitrogens with zero attached hydrogens (tertiary/aromatic N) is 2. The highest BCUT2D eigenvalue weighted by Crippen LogP contribution is 2.23. The molecule has 0 bridgehead atoms. The van der Waals surface area contributed by atoms with Crippen LogP contribution in [0.5, 0.6) is 0 Å². The van der Waals surface area contributed by atoms with Crippen LogP contribution in [0.2, 0.25) is 0 Å².